The molecule has 0 spiro atoms. The molecule has 0 bridgehead atoms. The van der Waals surface area contributed by atoms with Crippen molar-refractivity contribution in [1.29, 1.82) is 0 Å². The summed E-state index contributed by atoms with van der Waals surface area (Å²) in [6.45, 7) is 5.76. The minimum absolute atomic E-state index is 0. The van der Waals surface area contributed by atoms with E-state index >= 15 is 0 Å². The molecular weight excluding hydrogens is 419 g/mol. The Kier molecular flexibility index (Phi) is 7.62. The van der Waals surface area contributed by atoms with Crippen LogP contribution in [0.5, 0.6) is 0 Å². The van der Waals surface area contributed by atoms with Crippen LogP contribution in [0.25, 0.3) is 0 Å². The molecule has 1 saturated heterocycles. The van der Waals surface area contributed by atoms with Crippen LogP contribution in [0, 0.1) is 6.92 Å². The number of nitrogens with zero attached hydrogens (tertiary/aromatic N) is 4. The van der Waals surface area contributed by atoms with Crippen LogP contribution in [-0.4, -0.2) is 42.2 Å². The maximum Gasteiger partial charge on any atom is 0.222 e. The average Bonchev–Trinajstić information content (AvgIpc) is 2.61. The minimum atomic E-state index is 0. The predicted molar refractivity (Wildman–Crippen MR) is 122 cm³/mol. The number of hydrogen-bond donors (Lipinski definition) is 2. The highest BCUT2D eigenvalue weighted by molar-refractivity contribution is 6.30. The maximum absolute atomic E-state index is 6.18. The maximum atomic E-state index is 6.18. The summed E-state index contributed by atoms with van der Waals surface area (Å²) in [7, 11) is 0. The highest BCUT2D eigenvalue weighted by Crippen LogP contribution is 2.36. The fourth-order valence-electron chi connectivity index (χ4n) is 3.85. The fourth-order valence-corrected chi connectivity index (χ4v) is 4.01. The smallest absolute Gasteiger partial charge is 0.222 e. The van der Waals surface area contributed by atoms with E-state index in [4.69, 9.17) is 23.1 Å². The molecule has 0 unspecified atom stereocenters. The second kappa shape index (κ2) is 9.35. The Bertz CT molecular complexity index is 804. The summed E-state index contributed by atoms with van der Waals surface area (Å²) in [5, 5.41) is 0.778. The second-order valence-corrected chi connectivity index (χ2v) is 7.78. The Morgan fingerprint density at radius 2 is 1.64 bits per heavy atom. The lowest BCUT2D eigenvalue weighted by Crippen LogP contribution is -2.47. The molecule has 2 heterocycles. The number of nitrogens with two attached hydrogens (primary N) is 2. The van der Waals surface area contributed by atoms with Gasteiger partial charge < -0.3 is 21.3 Å². The van der Waals surface area contributed by atoms with E-state index in [0.717, 1.165) is 55.6 Å². The minimum Gasteiger partial charge on any atom is -0.368 e. The van der Waals surface area contributed by atoms with Gasteiger partial charge in [-0.05, 0) is 37.5 Å². The van der Waals surface area contributed by atoms with Crippen LogP contribution >= 0.6 is 36.4 Å². The molecule has 1 saturated carbocycles. The largest absolute Gasteiger partial charge is 0.368 e. The summed E-state index contributed by atoms with van der Waals surface area (Å²) in [4.78, 5) is 13.6. The zero-order chi connectivity index (χ0) is 18.3. The fraction of sp³-hybridized carbons (Fsp3) is 0.474. The summed E-state index contributed by atoms with van der Waals surface area (Å²) >= 11 is 6.18. The molecule has 4 N–H and O–H groups in total. The topological polar surface area (TPSA) is 84.3 Å². The zero-order valence-electron chi connectivity index (χ0n) is 15.8. The summed E-state index contributed by atoms with van der Waals surface area (Å²) in [5.41, 5.74) is 15.4. The third kappa shape index (κ3) is 4.74. The number of aryl methyl sites for hydroxylation is 1. The van der Waals surface area contributed by atoms with E-state index in [-0.39, 0.29) is 24.8 Å². The lowest BCUT2D eigenvalue weighted by atomic mass is 9.78. The molecule has 0 radical (unpaired) electrons. The van der Waals surface area contributed by atoms with Gasteiger partial charge in [-0.15, -0.1) is 24.8 Å². The Balaban J connectivity index is 0.00000140. The van der Waals surface area contributed by atoms with Gasteiger partial charge in [-0.3, -0.25) is 0 Å². The van der Waals surface area contributed by atoms with Crippen LogP contribution < -0.4 is 21.3 Å². The van der Waals surface area contributed by atoms with Crippen LogP contribution in [0.15, 0.2) is 24.3 Å². The molecule has 1 aromatic heterocycles. The van der Waals surface area contributed by atoms with Crippen LogP contribution in [0.2, 0.25) is 5.02 Å². The Morgan fingerprint density at radius 3 is 2.29 bits per heavy atom. The first-order valence-corrected chi connectivity index (χ1v) is 9.53. The molecule has 28 heavy (non-hydrogen) atoms. The van der Waals surface area contributed by atoms with Crippen LogP contribution in [0.1, 0.15) is 30.0 Å². The van der Waals surface area contributed by atoms with Crippen molar-refractivity contribution in [3.05, 3.63) is 40.5 Å². The summed E-state index contributed by atoms with van der Waals surface area (Å²) in [6, 6.07) is 8.45. The quantitative estimate of drug-likeness (QED) is 0.753. The standard InChI is InChI=1S/C19H25ClN6.2ClH/c1-12-2-3-14(20)10-17(12)25-4-6-26(7-5-25)18-11-16(23-19(22)24-18)13-8-15(21)9-13;;/h2-3,10-11,13,15H,4-9,21H2,1H3,(H2,22,23,24);2*1H. The summed E-state index contributed by atoms with van der Waals surface area (Å²) in [5.74, 6) is 1.70. The van der Waals surface area contributed by atoms with Crippen LogP contribution in [-0.2, 0) is 0 Å². The van der Waals surface area contributed by atoms with Gasteiger partial charge in [0, 0.05) is 54.9 Å². The van der Waals surface area contributed by atoms with Gasteiger partial charge in [-0.1, -0.05) is 17.7 Å². The zero-order valence-corrected chi connectivity index (χ0v) is 18.2. The third-order valence-corrected chi connectivity index (χ3v) is 5.69. The number of aromatic nitrogens is 2. The molecule has 0 amide bonds. The number of hydrogen-bond acceptors (Lipinski definition) is 6. The number of rotatable bonds is 3. The van der Waals surface area contributed by atoms with Gasteiger partial charge in [0.25, 0.3) is 0 Å². The van der Waals surface area contributed by atoms with Crippen molar-refractivity contribution in [3.63, 3.8) is 0 Å². The lowest BCUT2D eigenvalue weighted by Gasteiger charge is -2.38. The average molecular weight is 446 g/mol. The molecule has 9 heteroatoms. The molecular formula is C19H27Cl3N6. The number of nitrogen functional groups attached to an aromatic ring is 1. The van der Waals surface area contributed by atoms with Gasteiger partial charge in [-0.2, -0.15) is 4.98 Å². The number of halogens is 3. The molecule has 4 rings (SSSR count). The van der Waals surface area contributed by atoms with Crippen molar-refractivity contribution in [2.45, 2.75) is 31.7 Å². The number of benzene rings is 1. The molecule has 2 fully saturated rings. The van der Waals surface area contributed by atoms with Crippen molar-refractivity contribution < 1.29 is 0 Å². The number of anilines is 3. The summed E-state index contributed by atoms with van der Waals surface area (Å²) < 4.78 is 0. The number of piperazine rings is 1. The van der Waals surface area contributed by atoms with Crippen molar-refractivity contribution in [1.82, 2.24) is 9.97 Å². The van der Waals surface area contributed by atoms with E-state index in [1.807, 2.05) is 12.1 Å². The predicted octanol–water partition coefficient (Wildman–Crippen LogP) is 3.40. The monoisotopic (exact) mass is 444 g/mol. The molecule has 1 aliphatic carbocycles. The van der Waals surface area contributed by atoms with E-state index in [0.29, 0.717) is 17.9 Å². The molecule has 2 aliphatic rings. The first kappa shape index (κ1) is 22.8. The highest BCUT2D eigenvalue weighted by atomic mass is 35.5. The molecule has 2 aromatic rings. The van der Waals surface area contributed by atoms with Crippen molar-refractivity contribution in [3.8, 4) is 0 Å². The molecule has 0 atom stereocenters. The van der Waals surface area contributed by atoms with E-state index in [1.165, 1.54) is 11.3 Å². The van der Waals surface area contributed by atoms with Gasteiger partial charge in [0.05, 0.1) is 5.69 Å². The van der Waals surface area contributed by atoms with Crippen molar-refractivity contribution >= 4 is 53.9 Å². The van der Waals surface area contributed by atoms with Gasteiger partial charge in [-0.25, -0.2) is 4.98 Å². The SMILES string of the molecule is Cc1ccc(Cl)cc1N1CCN(c2cc(C3CC(N)C3)nc(N)n2)CC1.Cl.Cl. The highest BCUT2D eigenvalue weighted by Gasteiger charge is 2.30. The first-order chi connectivity index (χ1) is 12.5. The molecule has 1 aromatic carbocycles. The third-order valence-electron chi connectivity index (χ3n) is 5.46. The summed E-state index contributed by atoms with van der Waals surface area (Å²) in [6.07, 6.45) is 1.97. The Morgan fingerprint density at radius 1 is 1.00 bits per heavy atom. The Hall–Kier alpha value is -1.47. The van der Waals surface area contributed by atoms with E-state index in [9.17, 15) is 0 Å². The van der Waals surface area contributed by atoms with Crippen molar-refractivity contribution in [2.75, 3.05) is 41.7 Å². The lowest BCUT2D eigenvalue weighted by molar-refractivity contribution is 0.345. The van der Waals surface area contributed by atoms with Gasteiger partial charge in [0.1, 0.15) is 5.82 Å². The van der Waals surface area contributed by atoms with Gasteiger partial charge in [0.2, 0.25) is 5.95 Å². The van der Waals surface area contributed by atoms with Gasteiger partial charge in [0.15, 0.2) is 0 Å². The van der Waals surface area contributed by atoms with Crippen LogP contribution in [0.3, 0.4) is 0 Å². The van der Waals surface area contributed by atoms with E-state index < -0.39 is 0 Å². The van der Waals surface area contributed by atoms with Crippen molar-refractivity contribution in [2.24, 2.45) is 5.73 Å². The van der Waals surface area contributed by atoms with Crippen LogP contribution in [0.4, 0.5) is 17.5 Å². The Labute approximate surface area is 183 Å². The van der Waals surface area contributed by atoms with E-state index in [1.54, 1.807) is 0 Å². The molecule has 6 nitrogen and oxygen atoms in total. The first-order valence-electron chi connectivity index (χ1n) is 9.15. The van der Waals surface area contributed by atoms with E-state index in [2.05, 4.69) is 38.8 Å². The van der Waals surface area contributed by atoms with Gasteiger partial charge >= 0.3 is 0 Å². The molecule has 1 aliphatic heterocycles. The molecule has 154 valence electrons. The second-order valence-electron chi connectivity index (χ2n) is 7.34. The normalized spacial score (nSPS) is 21.4.